The highest BCUT2D eigenvalue weighted by Crippen LogP contribution is 2.31. The molecule has 0 aliphatic carbocycles. The molecule has 3 N–H and O–H groups in total. The van der Waals surface area contributed by atoms with Crippen LogP contribution in [0.1, 0.15) is 26.7 Å². The Morgan fingerprint density at radius 1 is 1.27 bits per heavy atom. The van der Waals surface area contributed by atoms with E-state index in [2.05, 4.69) is 5.32 Å². The van der Waals surface area contributed by atoms with Crippen molar-refractivity contribution in [2.24, 2.45) is 17.6 Å². The largest absolute Gasteiger partial charge is 0.369 e. The molecule has 0 atom stereocenters. The van der Waals surface area contributed by atoms with Crippen molar-refractivity contribution < 1.29 is 18.0 Å². The fraction of sp³-hybridized carbons (Fsp3) is 0.529. The number of hydrogen-bond acceptors (Lipinski definition) is 5. The molecule has 1 heterocycles. The summed E-state index contributed by atoms with van der Waals surface area (Å²) in [7, 11) is -3.69. The molecule has 7 nitrogen and oxygen atoms in total. The lowest BCUT2D eigenvalue weighted by molar-refractivity contribution is -0.123. The number of nitrogens with one attached hydrogen (secondary N) is 1. The Morgan fingerprint density at radius 3 is 2.38 bits per heavy atom. The molecule has 0 bridgehead atoms. The van der Waals surface area contributed by atoms with E-state index in [1.54, 1.807) is 26.0 Å². The van der Waals surface area contributed by atoms with Gasteiger partial charge in [0.05, 0.1) is 10.6 Å². The summed E-state index contributed by atoms with van der Waals surface area (Å²) < 4.78 is 27.2. The van der Waals surface area contributed by atoms with Crippen molar-refractivity contribution in [3.63, 3.8) is 0 Å². The number of nitrogens with two attached hydrogens (primary N) is 1. The molecule has 0 saturated carbocycles. The third kappa shape index (κ3) is 4.57. The van der Waals surface area contributed by atoms with Gasteiger partial charge >= 0.3 is 0 Å². The average Bonchev–Trinajstić information content (AvgIpc) is 2.61. The van der Waals surface area contributed by atoms with Crippen LogP contribution in [0.25, 0.3) is 0 Å². The Balaban J connectivity index is 2.27. The second-order valence-electron chi connectivity index (χ2n) is 6.59. The maximum Gasteiger partial charge on any atom is 0.243 e. The third-order valence-electron chi connectivity index (χ3n) is 4.45. The van der Waals surface area contributed by atoms with Crippen LogP contribution in [0.4, 0.5) is 5.69 Å². The topological polar surface area (TPSA) is 110 Å². The number of carbonyl (C=O) groups excluding carboxylic acids is 2. The summed E-state index contributed by atoms with van der Waals surface area (Å²) in [6.45, 7) is 4.07. The Kier molecular flexibility index (Phi) is 6.70. The minimum absolute atomic E-state index is 0.131. The maximum absolute atomic E-state index is 12.9. The molecule has 26 heavy (non-hydrogen) atoms. The second kappa shape index (κ2) is 8.41. The zero-order chi connectivity index (χ0) is 19.5. The van der Waals surface area contributed by atoms with Crippen LogP contribution in [0.3, 0.4) is 0 Å². The van der Waals surface area contributed by atoms with Gasteiger partial charge in [-0.3, -0.25) is 9.59 Å². The van der Waals surface area contributed by atoms with Crippen LogP contribution in [-0.4, -0.2) is 43.9 Å². The quantitative estimate of drug-likeness (QED) is 0.710. The Labute approximate surface area is 158 Å². The molecule has 0 unspecified atom stereocenters. The number of nitrogens with zero attached hydrogens (tertiary/aromatic N) is 1. The minimum atomic E-state index is -3.69. The average molecular weight is 400 g/mol. The van der Waals surface area contributed by atoms with Gasteiger partial charge in [-0.05, 0) is 37.3 Å². The van der Waals surface area contributed by atoms with Crippen molar-refractivity contribution in [1.82, 2.24) is 4.31 Å². The highest BCUT2D eigenvalue weighted by Gasteiger charge is 2.31. The van der Waals surface area contributed by atoms with Crippen LogP contribution >= 0.6 is 11.8 Å². The first-order valence-corrected chi connectivity index (χ1v) is 11.1. The number of piperidine rings is 1. The summed E-state index contributed by atoms with van der Waals surface area (Å²) >= 11 is 1.43. The number of rotatable bonds is 6. The molecule has 1 aliphatic rings. The van der Waals surface area contributed by atoms with E-state index >= 15 is 0 Å². The molecule has 9 heteroatoms. The standard InChI is InChI=1S/C17H25N3O4S2/c1-11(2)17(22)19-14-10-13(4-5-15(14)25-3)26(23,24)20-8-6-12(7-9-20)16(18)21/h4-5,10-12H,6-9H2,1-3H3,(H2,18,21)(H,19,22). The van der Waals surface area contributed by atoms with Crippen molar-refractivity contribution in [1.29, 1.82) is 0 Å². The molecule has 0 aromatic heterocycles. The van der Waals surface area contributed by atoms with Gasteiger partial charge < -0.3 is 11.1 Å². The van der Waals surface area contributed by atoms with E-state index in [-0.39, 0.29) is 41.6 Å². The predicted octanol–water partition coefficient (Wildman–Crippen LogP) is 1.89. The Hall–Kier alpha value is -1.58. The molecule has 1 aromatic rings. The van der Waals surface area contributed by atoms with E-state index < -0.39 is 10.0 Å². The molecule has 1 saturated heterocycles. The fourth-order valence-electron chi connectivity index (χ4n) is 2.75. The van der Waals surface area contributed by atoms with E-state index in [1.807, 2.05) is 6.26 Å². The van der Waals surface area contributed by atoms with Gasteiger partial charge in [-0.2, -0.15) is 4.31 Å². The van der Waals surface area contributed by atoms with Crippen LogP contribution in [-0.2, 0) is 19.6 Å². The van der Waals surface area contributed by atoms with E-state index in [0.29, 0.717) is 18.5 Å². The molecule has 0 spiro atoms. The molecule has 2 amide bonds. The number of anilines is 1. The lowest BCUT2D eigenvalue weighted by Crippen LogP contribution is -2.41. The molecule has 1 aromatic carbocycles. The molecule has 2 rings (SSSR count). The van der Waals surface area contributed by atoms with Gasteiger partial charge in [0, 0.05) is 29.8 Å². The monoisotopic (exact) mass is 399 g/mol. The van der Waals surface area contributed by atoms with Gasteiger partial charge in [-0.25, -0.2) is 8.42 Å². The summed E-state index contributed by atoms with van der Waals surface area (Å²) in [6, 6.07) is 4.75. The fourth-order valence-corrected chi connectivity index (χ4v) is 4.78. The van der Waals surface area contributed by atoms with Gasteiger partial charge in [0.2, 0.25) is 21.8 Å². The van der Waals surface area contributed by atoms with Gasteiger partial charge in [0.25, 0.3) is 0 Å². The first-order valence-electron chi connectivity index (χ1n) is 8.45. The summed E-state index contributed by atoms with van der Waals surface area (Å²) in [5.41, 5.74) is 5.80. The van der Waals surface area contributed by atoms with Crippen molar-refractivity contribution in [3.8, 4) is 0 Å². The summed E-state index contributed by atoms with van der Waals surface area (Å²) in [5, 5.41) is 2.79. The first-order chi connectivity index (χ1) is 12.2. The molecule has 1 aliphatic heterocycles. The highest BCUT2D eigenvalue weighted by atomic mass is 32.2. The van der Waals surface area contributed by atoms with Crippen molar-refractivity contribution in [3.05, 3.63) is 18.2 Å². The Bertz CT molecular complexity index is 785. The second-order valence-corrected chi connectivity index (χ2v) is 9.37. The van der Waals surface area contributed by atoms with Crippen LogP contribution in [0.2, 0.25) is 0 Å². The van der Waals surface area contributed by atoms with Gasteiger partial charge in [-0.15, -0.1) is 11.8 Å². The number of sulfonamides is 1. The maximum atomic E-state index is 12.9. The van der Waals surface area contributed by atoms with E-state index in [0.717, 1.165) is 4.90 Å². The minimum Gasteiger partial charge on any atom is -0.369 e. The van der Waals surface area contributed by atoms with Crippen LogP contribution in [0.5, 0.6) is 0 Å². The molecule has 1 fully saturated rings. The number of amides is 2. The molecule has 144 valence electrons. The lowest BCUT2D eigenvalue weighted by atomic mass is 9.98. The number of carbonyl (C=O) groups is 2. The number of primary amides is 1. The number of benzene rings is 1. The van der Waals surface area contributed by atoms with Crippen LogP contribution in [0.15, 0.2) is 28.0 Å². The number of thioether (sulfide) groups is 1. The summed E-state index contributed by atoms with van der Waals surface area (Å²) in [6.07, 6.45) is 2.71. The van der Waals surface area contributed by atoms with Crippen molar-refractivity contribution in [2.45, 2.75) is 36.5 Å². The summed E-state index contributed by atoms with van der Waals surface area (Å²) in [5.74, 6) is -1.04. The van der Waals surface area contributed by atoms with Crippen LogP contribution < -0.4 is 11.1 Å². The smallest absolute Gasteiger partial charge is 0.243 e. The predicted molar refractivity (Wildman–Crippen MR) is 102 cm³/mol. The van der Waals surface area contributed by atoms with E-state index in [9.17, 15) is 18.0 Å². The third-order valence-corrected chi connectivity index (χ3v) is 7.14. The zero-order valence-corrected chi connectivity index (χ0v) is 16.8. The van der Waals surface area contributed by atoms with Crippen LogP contribution in [0, 0.1) is 11.8 Å². The van der Waals surface area contributed by atoms with Gasteiger partial charge in [0.1, 0.15) is 0 Å². The van der Waals surface area contributed by atoms with Gasteiger partial charge in [0.15, 0.2) is 0 Å². The van der Waals surface area contributed by atoms with E-state index in [1.165, 1.54) is 22.1 Å². The molecular formula is C17H25N3O4S2. The first kappa shape index (κ1) is 20.7. The Morgan fingerprint density at radius 2 is 1.88 bits per heavy atom. The van der Waals surface area contributed by atoms with Crippen molar-refractivity contribution >= 4 is 39.3 Å². The molecular weight excluding hydrogens is 374 g/mol. The SMILES string of the molecule is CSc1ccc(S(=O)(=O)N2CCC(C(N)=O)CC2)cc1NC(=O)C(C)C. The summed E-state index contributed by atoms with van der Waals surface area (Å²) in [4.78, 5) is 24.2. The van der Waals surface area contributed by atoms with Gasteiger partial charge in [-0.1, -0.05) is 13.8 Å². The zero-order valence-electron chi connectivity index (χ0n) is 15.2. The highest BCUT2D eigenvalue weighted by molar-refractivity contribution is 7.98. The normalized spacial score (nSPS) is 16.6. The molecule has 0 radical (unpaired) electrons. The van der Waals surface area contributed by atoms with E-state index in [4.69, 9.17) is 5.73 Å². The lowest BCUT2D eigenvalue weighted by Gasteiger charge is -2.30. The van der Waals surface area contributed by atoms with Crippen molar-refractivity contribution in [2.75, 3.05) is 24.7 Å². The number of hydrogen-bond donors (Lipinski definition) is 2.